The molecule has 0 atom stereocenters. The van der Waals surface area contributed by atoms with Crippen LogP contribution in [0.1, 0.15) is 0 Å². The third kappa shape index (κ3) is 3.59. The van der Waals surface area contributed by atoms with Gasteiger partial charge in [-0.3, -0.25) is 0 Å². The van der Waals surface area contributed by atoms with E-state index in [1.165, 1.54) is 0 Å². The number of aromatic nitrogens is 1. The number of benzene rings is 4. The Labute approximate surface area is 227 Å². The van der Waals surface area contributed by atoms with E-state index in [0.29, 0.717) is 39.2 Å². The Bertz CT molecular complexity index is 2250. The monoisotopic (exact) mass is 529 g/mol. The second kappa shape index (κ2) is 8.88. The predicted octanol–water partition coefficient (Wildman–Crippen LogP) is 6.90. The molecule has 0 radical (unpaired) electrons. The molecule has 0 aliphatic carbocycles. The third-order valence-electron chi connectivity index (χ3n) is 7.52. The van der Waals surface area contributed by atoms with E-state index < -0.39 is 5.63 Å². The van der Waals surface area contributed by atoms with Gasteiger partial charge in [0.15, 0.2) is 0 Å². The van der Waals surface area contributed by atoms with Crippen LogP contribution in [0.15, 0.2) is 103 Å². The Morgan fingerprint density at radius 3 is 1.90 bits per heavy atom. The van der Waals surface area contributed by atoms with E-state index in [-0.39, 0.29) is 5.63 Å². The van der Waals surface area contributed by atoms with Gasteiger partial charge in [-0.05, 0) is 41.5 Å². The number of methoxy groups -OCH3 is 2. The van der Waals surface area contributed by atoms with Gasteiger partial charge in [-0.15, -0.1) is 0 Å². The molecule has 7 heteroatoms. The van der Waals surface area contributed by atoms with Gasteiger partial charge in [0.1, 0.15) is 22.7 Å². The number of hydrogen-bond acceptors (Lipinski definition) is 6. The lowest BCUT2D eigenvalue weighted by molar-refractivity contribution is 0.396. The van der Waals surface area contributed by atoms with E-state index in [1.54, 1.807) is 38.5 Å². The van der Waals surface area contributed by atoms with E-state index in [4.69, 9.17) is 18.3 Å². The summed E-state index contributed by atoms with van der Waals surface area (Å²) in [5.74, 6) is 1.09. The first-order chi connectivity index (χ1) is 19.4. The number of rotatable bonds is 4. The minimum atomic E-state index is -0.453. The van der Waals surface area contributed by atoms with Crippen LogP contribution in [-0.2, 0) is 7.05 Å². The molecule has 196 valence electrons. The van der Waals surface area contributed by atoms with Crippen LogP contribution in [0.25, 0.3) is 66.0 Å². The molecule has 0 unspecified atom stereocenters. The van der Waals surface area contributed by atoms with Crippen molar-refractivity contribution in [1.29, 1.82) is 0 Å². The highest BCUT2D eigenvalue weighted by Crippen LogP contribution is 2.36. The normalized spacial score (nSPS) is 11.6. The van der Waals surface area contributed by atoms with Crippen molar-refractivity contribution in [2.75, 3.05) is 14.2 Å². The Kier molecular flexibility index (Phi) is 5.28. The SMILES string of the molecule is COc1cc(OC)c2cc(-c3ccc4c5ccc(-c6cc7ccccc7oc6=O)cc5n(C)c4c3)c(=O)oc2c1. The molecule has 0 aliphatic rings. The number of aryl methyl sites for hydroxylation is 1. The number of fused-ring (bicyclic) bond motifs is 5. The molecule has 7 aromatic rings. The summed E-state index contributed by atoms with van der Waals surface area (Å²) in [7, 11) is 5.09. The van der Waals surface area contributed by atoms with E-state index in [9.17, 15) is 9.59 Å². The lowest BCUT2D eigenvalue weighted by atomic mass is 10.0. The average Bonchev–Trinajstić information content (AvgIpc) is 3.26. The first-order valence-corrected chi connectivity index (χ1v) is 12.7. The maximum absolute atomic E-state index is 13.1. The average molecular weight is 530 g/mol. The zero-order valence-corrected chi connectivity index (χ0v) is 22.0. The van der Waals surface area contributed by atoms with E-state index in [1.807, 2.05) is 67.7 Å². The minimum absolute atomic E-state index is 0.379. The van der Waals surface area contributed by atoms with Gasteiger partial charge < -0.3 is 22.9 Å². The Morgan fingerprint density at radius 1 is 0.625 bits per heavy atom. The van der Waals surface area contributed by atoms with Crippen LogP contribution in [0.4, 0.5) is 0 Å². The van der Waals surface area contributed by atoms with Crippen molar-refractivity contribution >= 4 is 43.7 Å². The van der Waals surface area contributed by atoms with Gasteiger partial charge in [-0.25, -0.2) is 9.59 Å². The van der Waals surface area contributed by atoms with Gasteiger partial charge in [-0.1, -0.05) is 42.5 Å². The van der Waals surface area contributed by atoms with Crippen molar-refractivity contribution in [3.05, 3.63) is 106 Å². The molecule has 0 saturated heterocycles. The minimum Gasteiger partial charge on any atom is -0.496 e. The molecule has 0 N–H and O–H groups in total. The zero-order valence-electron chi connectivity index (χ0n) is 22.0. The molecule has 4 aromatic carbocycles. The third-order valence-corrected chi connectivity index (χ3v) is 7.52. The van der Waals surface area contributed by atoms with E-state index in [0.717, 1.165) is 38.3 Å². The molecular weight excluding hydrogens is 506 g/mol. The van der Waals surface area contributed by atoms with Crippen LogP contribution in [0, 0.1) is 0 Å². The molecule has 0 spiro atoms. The van der Waals surface area contributed by atoms with Crippen LogP contribution in [0.5, 0.6) is 11.5 Å². The second-order valence-electron chi connectivity index (χ2n) is 9.70. The molecule has 7 nitrogen and oxygen atoms in total. The standard InChI is InChI=1S/C33H23NO6/c1-34-27-13-18(24-12-20-6-4-5-7-29(20)39-32(24)35)8-10-22(27)23-11-9-19(14-28(23)34)25-17-26-30(38-3)15-21(37-2)16-31(26)40-33(25)36/h4-17H,1-3H3. The first kappa shape index (κ1) is 23.8. The van der Waals surface area contributed by atoms with Gasteiger partial charge in [0.25, 0.3) is 0 Å². The molecule has 0 amide bonds. The first-order valence-electron chi connectivity index (χ1n) is 12.7. The van der Waals surface area contributed by atoms with E-state index >= 15 is 0 Å². The van der Waals surface area contributed by atoms with Crippen molar-refractivity contribution in [3.63, 3.8) is 0 Å². The summed E-state index contributed by atoms with van der Waals surface area (Å²) >= 11 is 0. The van der Waals surface area contributed by atoms with Gasteiger partial charge in [0.2, 0.25) is 0 Å². The van der Waals surface area contributed by atoms with Crippen LogP contribution >= 0.6 is 0 Å². The zero-order chi connectivity index (χ0) is 27.5. The van der Waals surface area contributed by atoms with Crippen molar-refractivity contribution in [2.24, 2.45) is 7.05 Å². The van der Waals surface area contributed by atoms with Crippen molar-refractivity contribution in [3.8, 4) is 33.8 Å². The Balaban J connectivity index is 1.39. The quantitative estimate of drug-likeness (QED) is 0.231. The van der Waals surface area contributed by atoms with Crippen LogP contribution < -0.4 is 20.7 Å². The van der Waals surface area contributed by atoms with Crippen molar-refractivity contribution in [2.45, 2.75) is 0 Å². The number of hydrogen-bond donors (Lipinski definition) is 0. The van der Waals surface area contributed by atoms with Crippen LogP contribution in [0.2, 0.25) is 0 Å². The second-order valence-corrected chi connectivity index (χ2v) is 9.70. The number of nitrogens with zero attached hydrogens (tertiary/aromatic N) is 1. The molecule has 40 heavy (non-hydrogen) atoms. The molecule has 0 fully saturated rings. The van der Waals surface area contributed by atoms with Crippen LogP contribution in [0.3, 0.4) is 0 Å². The molecule has 7 rings (SSSR count). The number of ether oxygens (including phenoxy) is 2. The molecular formula is C33H23NO6. The fourth-order valence-corrected chi connectivity index (χ4v) is 5.45. The van der Waals surface area contributed by atoms with Crippen molar-refractivity contribution < 1.29 is 18.3 Å². The van der Waals surface area contributed by atoms with Gasteiger partial charge >= 0.3 is 11.3 Å². The fourth-order valence-electron chi connectivity index (χ4n) is 5.45. The largest absolute Gasteiger partial charge is 0.496 e. The highest BCUT2D eigenvalue weighted by molar-refractivity contribution is 6.10. The van der Waals surface area contributed by atoms with Gasteiger partial charge in [0, 0.05) is 46.4 Å². The summed E-state index contributed by atoms with van der Waals surface area (Å²) < 4.78 is 24.1. The molecule has 0 bridgehead atoms. The summed E-state index contributed by atoms with van der Waals surface area (Å²) in [5.41, 5.74) is 4.45. The fraction of sp³-hybridized carbons (Fsp3) is 0.0909. The maximum Gasteiger partial charge on any atom is 0.344 e. The summed E-state index contributed by atoms with van der Waals surface area (Å²) in [5, 5.41) is 3.61. The topological polar surface area (TPSA) is 83.8 Å². The maximum atomic E-state index is 13.1. The summed E-state index contributed by atoms with van der Waals surface area (Å²) in [6.45, 7) is 0. The van der Waals surface area contributed by atoms with E-state index in [2.05, 4.69) is 4.57 Å². The lowest BCUT2D eigenvalue weighted by Gasteiger charge is -2.09. The lowest BCUT2D eigenvalue weighted by Crippen LogP contribution is -2.03. The highest BCUT2D eigenvalue weighted by atomic mass is 16.5. The molecule has 0 aliphatic heterocycles. The number of para-hydroxylation sites is 1. The molecule has 3 aromatic heterocycles. The smallest absolute Gasteiger partial charge is 0.344 e. The summed E-state index contributed by atoms with van der Waals surface area (Å²) in [6, 6.07) is 26.4. The molecule has 3 heterocycles. The Hall–Kier alpha value is -5.30. The van der Waals surface area contributed by atoms with Gasteiger partial charge in [-0.2, -0.15) is 0 Å². The van der Waals surface area contributed by atoms with Crippen molar-refractivity contribution in [1.82, 2.24) is 4.57 Å². The molecule has 0 saturated carbocycles. The highest BCUT2D eigenvalue weighted by Gasteiger charge is 2.17. The summed E-state index contributed by atoms with van der Waals surface area (Å²) in [4.78, 5) is 25.9. The van der Waals surface area contributed by atoms with Crippen LogP contribution in [-0.4, -0.2) is 18.8 Å². The predicted molar refractivity (Wildman–Crippen MR) is 156 cm³/mol. The van der Waals surface area contributed by atoms with Gasteiger partial charge in [0.05, 0.1) is 30.7 Å². The Morgan fingerprint density at radius 2 is 1.25 bits per heavy atom. The summed E-state index contributed by atoms with van der Waals surface area (Å²) in [6.07, 6.45) is 0.